The molecule has 1 fully saturated rings. The Labute approximate surface area is 236 Å². The molecule has 2 aromatic heterocycles. The van der Waals surface area contributed by atoms with Crippen LogP contribution in [0.3, 0.4) is 0 Å². The lowest BCUT2D eigenvalue weighted by atomic mass is 10.1. The normalized spacial score (nSPS) is 15.5. The van der Waals surface area contributed by atoms with Crippen LogP contribution in [0.25, 0.3) is 22.0 Å². The number of hydrogen-bond acceptors (Lipinski definition) is 8. The molecule has 1 aliphatic heterocycles. The van der Waals surface area contributed by atoms with Gasteiger partial charge < -0.3 is 20.1 Å². The molecule has 1 saturated heterocycles. The van der Waals surface area contributed by atoms with Crippen molar-refractivity contribution in [3.05, 3.63) is 66.7 Å². The molecule has 2 aromatic carbocycles. The predicted molar refractivity (Wildman–Crippen MR) is 153 cm³/mol. The molecule has 3 heterocycles. The van der Waals surface area contributed by atoms with E-state index in [4.69, 9.17) is 4.74 Å². The van der Waals surface area contributed by atoms with Gasteiger partial charge in [0.05, 0.1) is 22.7 Å². The van der Waals surface area contributed by atoms with Gasteiger partial charge in [-0.1, -0.05) is 19.1 Å². The highest BCUT2D eigenvalue weighted by Crippen LogP contribution is 2.38. The summed E-state index contributed by atoms with van der Waals surface area (Å²) in [6, 6.07) is 12.5. The maximum absolute atomic E-state index is 15.2. The number of amides is 1. The first-order chi connectivity index (χ1) is 19.7. The zero-order valence-corrected chi connectivity index (χ0v) is 23.1. The first-order valence-electron chi connectivity index (χ1n) is 13.2. The number of aromatic nitrogens is 3. The van der Waals surface area contributed by atoms with E-state index in [-0.39, 0.29) is 23.4 Å². The summed E-state index contributed by atoms with van der Waals surface area (Å²) < 4.78 is 48.6. The van der Waals surface area contributed by atoms with Crippen molar-refractivity contribution >= 4 is 38.5 Å². The van der Waals surface area contributed by atoms with Crippen molar-refractivity contribution in [2.24, 2.45) is 0 Å². The highest BCUT2D eigenvalue weighted by atomic mass is 32.2. The number of fused-ring (bicyclic) bond motifs is 1. The lowest BCUT2D eigenvalue weighted by Gasteiger charge is -2.31. The average Bonchev–Trinajstić information content (AvgIpc) is 2.95. The van der Waals surface area contributed by atoms with E-state index in [9.17, 15) is 18.3 Å². The van der Waals surface area contributed by atoms with Gasteiger partial charge in [0, 0.05) is 42.3 Å². The van der Waals surface area contributed by atoms with Crippen molar-refractivity contribution in [1.82, 2.24) is 19.9 Å². The van der Waals surface area contributed by atoms with Crippen molar-refractivity contribution in [2.45, 2.75) is 32.2 Å². The number of carboxylic acid groups (broad SMARTS) is 1. The van der Waals surface area contributed by atoms with Crippen molar-refractivity contribution in [1.29, 1.82) is 0 Å². The second-order valence-electron chi connectivity index (χ2n) is 9.63. The number of carbonyl (C=O) groups is 1. The number of benzene rings is 2. The van der Waals surface area contributed by atoms with Crippen LogP contribution in [0, 0.1) is 5.82 Å². The van der Waals surface area contributed by atoms with Gasteiger partial charge in [-0.3, -0.25) is 4.72 Å². The van der Waals surface area contributed by atoms with Crippen LogP contribution in [0.1, 0.15) is 26.2 Å². The zero-order valence-electron chi connectivity index (χ0n) is 22.2. The Kier molecular flexibility index (Phi) is 8.15. The maximum Gasteiger partial charge on any atom is 0.407 e. The maximum atomic E-state index is 15.2. The van der Waals surface area contributed by atoms with Crippen LogP contribution < -0.4 is 14.8 Å². The minimum atomic E-state index is -3.57. The minimum absolute atomic E-state index is 0.0421. The van der Waals surface area contributed by atoms with Crippen LogP contribution in [-0.2, 0) is 10.0 Å². The molecule has 3 N–H and O–H groups in total. The van der Waals surface area contributed by atoms with E-state index in [1.165, 1.54) is 23.2 Å². The Hall–Kier alpha value is -4.52. The van der Waals surface area contributed by atoms with Crippen LogP contribution in [0.2, 0.25) is 0 Å². The van der Waals surface area contributed by atoms with E-state index in [0.29, 0.717) is 53.2 Å². The van der Waals surface area contributed by atoms with E-state index >= 15 is 4.39 Å². The minimum Gasteiger partial charge on any atom is -0.465 e. The zero-order chi connectivity index (χ0) is 29.0. The molecule has 5 rings (SSSR count). The van der Waals surface area contributed by atoms with Gasteiger partial charge in [-0.15, -0.1) is 0 Å². The third-order valence-corrected chi connectivity index (χ3v) is 8.11. The fraction of sp³-hybridized carbons (Fsp3) is 0.286. The molecule has 1 aliphatic rings. The molecule has 1 atom stereocenters. The van der Waals surface area contributed by atoms with Crippen molar-refractivity contribution in [2.75, 3.05) is 28.9 Å². The smallest absolute Gasteiger partial charge is 0.407 e. The van der Waals surface area contributed by atoms with Gasteiger partial charge in [0.1, 0.15) is 0 Å². The number of ether oxygens (including phenoxy) is 1. The van der Waals surface area contributed by atoms with Gasteiger partial charge in [-0.25, -0.2) is 32.6 Å². The fourth-order valence-corrected chi connectivity index (χ4v) is 5.93. The molecule has 0 bridgehead atoms. The van der Waals surface area contributed by atoms with Crippen LogP contribution >= 0.6 is 0 Å². The third kappa shape index (κ3) is 6.46. The molecule has 0 spiro atoms. The Morgan fingerprint density at radius 2 is 1.98 bits per heavy atom. The molecule has 0 aliphatic carbocycles. The average molecular weight is 581 g/mol. The summed E-state index contributed by atoms with van der Waals surface area (Å²) >= 11 is 0. The number of sulfonamides is 1. The van der Waals surface area contributed by atoms with E-state index in [0.717, 1.165) is 12.8 Å². The highest BCUT2D eigenvalue weighted by Gasteiger charge is 2.24. The number of rotatable bonds is 9. The highest BCUT2D eigenvalue weighted by molar-refractivity contribution is 7.92. The predicted octanol–water partition coefficient (Wildman–Crippen LogP) is 5.33. The molecule has 41 heavy (non-hydrogen) atoms. The standard InChI is InChI=1S/C28H29FN6O5S/c1-2-16-41(38,39)34-24-9-3-7-20-19(24)10-11-22(29)25(20)40-26-21(8-4-13-30-26)23-12-14-31-27(33-23)32-18-6-5-15-35(17-18)28(36)37/h3-4,7-14,18,34H,2,5-6,15-17H2,1H3,(H,36,37)(H,31,32,33). The van der Waals surface area contributed by atoms with Crippen molar-refractivity contribution < 1.29 is 27.4 Å². The monoisotopic (exact) mass is 580 g/mol. The van der Waals surface area contributed by atoms with Gasteiger partial charge in [-0.05, 0) is 55.7 Å². The number of nitrogens with one attached hydrogen (secondary N) is 2. The summed E-state index contributed by atoms with van der Waals surface area (Å²) in [5.74, 6) is -0.389. The number of anilines is 2. The summed E-state index contributed by atoms with van der Waals surface area (Å²) in [6.07, 6.45) is 4.06. The third-order valence-electron chi connectivity index (χ3n) is 6.63. The summed E-state index contributed by atoms with van der Waals surface area (Å²) in [5.41, 5.74) is 1.26. The van der Waals surface area contributed by atoms with Crippen LogP contribution in [-0.4, -0.2) is 64.4 Å². The Balaban J connectivity index is 1.45. The summed E-state index contributed by atoms with van der Waals surface area (Å²) in [4.78, 5) is 25.9. The van der Waals surface area contributed by atoms with Crippen LogP contribution in [0.5, 0.6) is 11.6 Å². The van der Waals surface area contributed by atoms with Gasteiger partial charge >= 0.3 is 6.09 Å². The Morgan fingerprint density at radius 1 is 1.12 bits per heavy atom. The summed E-state index contributed by atoms with van der Waals surface area (Å²) in [7, 11) is -3.57. The van der Waals surface area contributed by atoms with Gasteiger partial charge in [0.2, 0.25) is 21.9 Å². The number of piperidine rings is 1. The van der Waals surface area contributed by atoms with E-state index in [2.05, 4.69) is 25.0 Å². The largest absolute Gasteiger partial charge is 0.465 e. The molecular formula is C28H29FN6O5S. The molecule has 0 radical (unpaired) electrons. The van der Waals surface area contributed by atoms with Gasteiger partial charge in [-0.2, -0.15) is 0 Å². The molecule has 214 valence electrons. The first-order valence-corrected chi connectivity index (χ1v) is 14.8. The second kappa shape index (κ2) is 11.9. The van der Waals surface area contributed by atoms with E-state index in [1.54, 1.807) is 49.5 Å². The number of likely N-dealkylation sites (tertiary alicyclic amines) is 1. The fourth-order valence-electron chi connectivity index (χ4n) is 4.78. The molecule has 13 heteroatoms. The van der Waals surface area contributed by atoms with Crippen LogP contribution in [0.15, 0.2) is 60.9 Å². The van der Waals surface area contributed by atoms with E-state index in [1.807, 2.05) is 0 Å². The molecule has 1 unspecified atom stereocenters. The molecular weight excluding hydrogens is 551 g/mol. The van der Waals surface area contributed by atoms with Gasteiger partial charge in [0.15, 0.2) is 11.6 Å². The van der Waals surface area contributed by atoms with Crippen molar-refractivity contribution in [3.8, 4) is 22.9 Å². The molecule has 1 amide bonds. The number of hydrogen-bond donors (Lipinski definition) is 3. The van der Waals surface area contributed by atoms with Crippen molar-refractivity contribution in [3.63, 3.8) is 0 Å². The SMILES string of the molecule is CCCS(=O)(=O)Nc1cccc2c(Oc3ncccc3-c3ccnc(NC4CCCN(C(=O)O)C4)n3)c(F)ccc12. The first kappa shape index (κ1) is 28.0. The summed E-state index contributed by atoms with van der Waals surface area (Å²) in [6.45, 7) is 2.58. The lowest BCUT2D eigenvalue weighted by molar-refractivity contribution is 0.132. The molecule has 4 aromatic rings. The second-order valence-corrected chi connectivity index (χ2v) is 11.5. The lowest BCUT2D eigenvalue weighted by Crippen LogP contribution is -2.44. The Morgan fingerprint density at radius 3 is 2.78 bits per heavy atom. The van der Waals surface area contributed by atoms with Crippen LogP contribution in [0.4, 0.5) is 20.8 Å². The number of halogens is 1. The Bertz CT molecular complexity index is 1690. The number of nitrogens with zero attached hydrogens (tertiary/aromatic N) is 4. The topological polar surface area (TPSA) is 147 Å². The molecule has 11 nitrogen and oxygen atoms in total. The quantitative estimate of drug-likeness (QED) is 0.239. The summed E-state index contributed by atoms with van der Waals surface area (Å²) in [5, 5.41) is 13.4. The molecule has 0 saturated carbocycles. The van der Waals surface area contributed by atoms with Gasteiger partial charge in [0.25, 0.3) is 0 Å². The van der Waals surface area contributed by atoms with E-state index < -0.39 is 21.9 Å². The number of pyridine rings is 1.